The van der Waals surface area contributed by atoms with E-state index in [0.29, 0.717) is 6.04 Å². The van der Waals surface area contributed by atoms with Gasteiger partial charge in [-0.15, -0.1) is 0 Å². The smallest absolute Gasteiger partial charge is 0.0801 e. The molecule has 1 rings (SSSR count). The highest BCUT2D eigenvalue weighted by atomic mass is 127. The summed E-state index contributed by atoms with van der Waals surface area (Å²) < 4.78 is 10.5. The molecule has 5 heteroatoms. The summed E-state index contributed by atoms with van der Waals surface area (Å²) in [6.07, 6.45) is 0. The predicted octanol–water partition coefficient (Wildman–Crippen LogP) is 1.33. The van der Waals surface area contributed by atoms with E-state index >= 15 is 0 Å². The summed E-state index contributed by atoms with van der Waals surface area (Å²) in [5.41, 5.74) is 0. The number of morpholine rings is 1. The third-order valence-electron chi connectivity index (χ3n) is 1.83. The van der Waals surface area contributed by atoms with Crippen molar-refractivity contribution >= 4 is 30.4 Å². The highest BCUT2D eigenvalue weighted by Gasteiger charge is 2.19. The van der Waals surface area contributed by atoms with Gasteiger partial charge in [0.25, 0.3) is 0 Å². The fraction of sp³-hybridized carbons (Fsp3) is 1.00. The quantitative estimate of drug-likeness (QED) is 0.577. The van der Waals surface area contributed by atoms with Crippen molar-refractivity contribution in [3.8, 4) is 0 Å². The van der Waals surface area contributed by atoms with Crippen molar-refractivity contribution in [2.75, 3.05) is 33.4 Å². The Morgan fingerprint density at radius 1 is 1.82 bits per heavy atom. The minimum atomic E-state index is 0.436. The maximum atomic E-state index is 5.32. The average molecular weight is 289 g/mol. The number of ether oxygens (including phenoxy) is 1. The lowest BCUT2D eigenvalue weighted by molar-refractivity contribution is -0.00787. The first-order chi connectivity index (χ1) is 5.34. The molecule has 66 valence electrons. The average Bonchev–Trinajstić information content (AvgIpc) is 2.03. The third kappa shape index (κ3) is 3.45. The molecule has 0 aromatic carbocycles. The van der Waals surface area contributed by atoms with Gasteiger partial charge >= 0.3 is 0 Å². The molecule has 3 nitrogen and oxygen atoms in total. The number of hydrogen-bond acceptors (Lipinski definition) is 4. The predicted molar refractivity (Wildman–Crippen MR) is 54.8 cm³/mol. The third-order valence-corrected chi connectivity index (χ3v) is 2.81. The SMILES string of the molecule is CN1CCOC[C@H]1COSI. The zero-order chi connectivity index (χ0) is 8.10. The molecular weight excluding hydrogens is 277 g/mol. The molecule has 0 saturated carbocycles. The molecule has 0 aliphatic carbocycles. The molecule has 0 unspecified atom stereocenters. The van der Waals surface area contributed by atoms with E-state index in [9.17, 15) is 0 Å². The van der Waals surface area contributed by atoms with E-state index in [0.717, 1.165) is 26.4 Å². The molecule has 1 atom stereocenters. The van der Waals surface area contributed by atoms with E-state index < -0.39 is 0 Å². The van der Waals surface area contributed by atoms with Crippen LogP contribution in [0.25, 0.3) is 0 Å². The van der Waals surface area contributed by atoms with Gasteiger partial charge in [0.1, 0.15) is 0 Å². The van der Waals surface area contributed by atoms with E-state index in [2.05, 4.69) is 33.2 Å². The molecule has 0 radical (unpaired) electrons. The monoisotopic (exact) mass is 289 g/mol. The van der Waals surface area contributed by atoms with Crippen molar-refractivity contribution in [3.05, 3.63) is 0 Å². The van der Waals surface area contributed by atoms with Crippen LogP contribution in [-0.4, -0.2) is 44.4 Å². The van der Waals surface area contributed by atoms with Gasteiger partial charge in [-0.25, -0.2) is 0 Å². The molecule has 1 fully saturated rings. The minimum Gasteiger partial charge on any atom is -0.378 e. The molecule has 0 bridgehead atoms. The van der Waals surface area contributed by atoms with Crippen LogP contribution in [0.4, 0.5) is 0 Å². The molecule has 0 N–H and O–H groups in total. The Labute approximate surface area is 83.6 Å². The van der Waals surface area contributed by atoms with Gasteiger partial charge in [-0.2, -0.15) is 0 Å². The van der Waals surface area contributed by atoms with Gasteiger partial charge in [0.05, 0.1) is 35.1 Å². The van der Waals surface area contributed by atoms with Crippen LogP contribution in [0, 0.1) is 0 Å². The lowest BCUT2D eigenvalue weighted by atomic mass is 10.2. The lowest BCUT2D eigenvalue weighted by Crippen LogP contribution is -2.45. The van der Waals surface area contributed by atoms with Crippen LogP contribution in [-0.2, 0) is 8.92 Å². The van der Waals surface area contributed by atoms with E-state index in [1.165, 1.54) is 9.21 Å². The largest absolute Gasteiger partial charge is 0.378 e. The molecule has 0 amide bonds. The molecule has 1 aliphatic rings. The van der Waals surface area contributed by atoms with Crippen LogP contribution in [0.15, 0.2) is 0 Å². The zero-order valence-corrected chi connectivity index (χ0v) is 9.43. The summed E-state index contributed by atoms with van der Waals surface area (Å²) in [6.45, 7) is 3.42. The van der Waals surface area contributed by atoms with Crippen molar-refractivity contribution in [2.45, 2.75) is 6.04 Å². The Kier molecular flexibility index (Phi) is 5.09. The van der Waals surface area contributed by atoms with Crippen LogP contribution < -0.4 is 0 Å². The van der Waals surface area contributed by atoms with Crippen LogP contribution in [0.3, 0.4) is 0 Å². The minimum absolute atomic E-state index is 0.436. The van der Waals surface area contributed by atoms with Gasteiger partial charge in [-0.05, 0) is 7.05 Å². The van der Waals surface area contributed by atoms with Crippen LogP contribution in [0.1, 0.15) is 0 Å². The fourth-order valence-corrected chi connectivity index (χ4v) is 1.67. The van der Waals surface area contributed by atoms with E-state index in [1.807, 2.05) is 0 Å². The molecule has 11 heavy (non-hydrogen) atoms. The molecule has 1 heterocycles. The van der Waals surface area contributed by atoms with E-state index in [1.54, 1.807) is 0 Å². The normalized spacial score (nSPS) is 27.3. The van der Waals surface area contributed by atoms with Crippen molar-refractivity contribution in [3.63, 3.8) is 0 Å². The van der Waals surface area contributed by atoms with Crippen LogP contribution in [0.5, 0.6) is 0 Å². The number of halogens is 1. The second-order valence-corrected chi connectivity index (χ2v) is 4.00. The summed E-state index contributed by atoms with van der Waals surface area (Å²) in [6, 6.07) is 0.436. The zero-order valence-electron chi connectivity index (χ0n) is 6.46. The molecular formula is C6H12INO2S. The summed E-state index contributed by atoms with van der Waals surface area (Å²) in [7, 11) is 3.49. The lowest BCUT2D eigenvalue weighted by Gasteiger charge is -2.31. The molecule has 0 aromatic rings. The van der Waals surface area contributed by atoms with Crippen LogP contribution >= 0.6 is 30.4 Å². The van der Waals surface area contributed by atoms with Gasteiger partial charge in [0, 0.05) is 27.8 Å². The first-order valence-corrected chi connectivity index (χ1v) is 6.81. The van der Waals surface area contributed by atoms with Gasteiger partial charge < -0.3 is 8.92 Å². The number of likely N-dealkylation sites (N-methyl/N-ethyl adjacent to an activating group) is 1. The van der Waals surface area contributed by atoms with Crippen molar-refractivity contribution in [2.24, 2.45) is 0 Å². The van der Waals surface area contributed by atoms with Gasteiger partial charge in [0.15, 0.2) is 0 Å². The first kappa shape index (κ1) is 10.0. The molecule has 1 saturated heterocycles. The van der Waals surface area contributed by atoms with E-state index in [4.69, 9.17) is 8.92 Å². The van der Waals surface area contributed by atoms with Crippen molar-refractivity contribution in [1.29, 1.82) is 0 Å². The van der Waals surface area contributed by atoms with Crippen molar-refractivity contribution in [1.82, 2.24) is 4.90 Å². The van der Waals surface area contributed by atoms with Gasteiger partial charge in [0.2, 0.25) is 0 Å². The molecule has 1 aliphatic heterocycles. The van der Waals surface area contributed by atoms with Gasteiger partial charge in [-0.1, -0.05) is 0 Å². The maximum Gasteiger partial charge on any atom is 0.0801 e. The number of rotatable bonds is 3. The Hall–Kier alpha value is 0.960. The highest BCUT2D eigenvalue weighted by molar-refractivity contribution is 14.2. The number of nitrogens with zero attached hydrogens (tertiary/aromatic N) is 1. The standard InChI is InChI=1S/C6H12INO2S/c1-8-2-3-9-4-6(8)5-10-11-7/h6H,2-5H2,1H3/t6-/m0/s1. The summed E-state index contributed by atoms with van der Waals surface area (Å²) in [5, 5.41) is 0. The second-order valence-electron chi connectivity index (χ2n) is 2.56. The first-order valence-electron chi connectivity index (χ1n) is 3.53. The maximum absolute atomic E-state index is 5.32. The summed E-state index contributed by atoms with van der Waals surface area (Å²) in [4.78, 5) is 2.27. The Morgan fingerprint density at radius 2 is 2.64 bits per heavy atom. The number of hydrogen-bond donors (Lipinski definition) is 0. The van der Waals surface area contributed by atoms with Gasteiger partial charge in [-0.3, -0.25) is 4.90 Å². The van der Waals surface area contributed by atoms with Crippen molar-refractivity contribution < 1.29 is 8.92 Å². The fourth-order valence-electron chi connectivity index (χ4n) is 1.02. The second kappa shape index (κ2) is 5.58. The summed E-state index contributed by atoms with van der Waals surface area (Å²) >= 11 is 2.13. The summed E-state index contributed by atoms with van der Waals surface area (Å²) in [5.74, 6) is 0. The van der Waals surface area contributed by atoms with E-state index in [-0.39, 0.29) is 0 Å². The Balaban J connectivity index is 2.18. The molecule has 0 aromatic heterocycles. The topological polar surface area (TPSA) is 21.7 Å². The highest BCUT2D eigenvalue weighted by Crippen LogP contribution is 2.14. The molecule has 0 spiro atoms. The Morgan fingerprint density at radius 3 is 3.27 bits per heavy atom. The van der Waals surface area contributed by atoms with Crippen LogP contribution in [0.2, 0.25) is 0 Å². The Bertz CT molecular complexity index is 117.